The number of rotatable bonds is 13. The highest BCUT2D eigenvalue weighted by molar-refractivity contribution is 5.68. The molecule has 184 valence electrons. The van der Waals surface area contributed by atoms with Gasteiger partial charge in [-0.3, -0.25) is 19.2 Å². The highest BCUT2D eigenvalue weighted by Gasteiger charge is 2.52. The van der Waals surface area contributed by atoms with Crippen molar-refractivity contribution >= 4 is 23.9 Å². The topological polar surface area (TPSA) is 124 Å². The number of ether oxygens (including phenoxy) is 6. The molecule has 0 aromatic heterocycles. The van der Waals surface area contributed by atoms with E-state index in [1.165, 1.54) is 34.1 Å². The lowest BCUT2D eigenvalue weighted by Gasteiger charge is -2.44. The van der Waals surface area contributed by atoms with Gasteiger partial charge in [-0.15, -0.1) is 0 Å². The largest absolute Gasteiger partial charge is 0.463 e. The third-order valence-corrected chi connectivity index (χ3v) is 4.73. The molecule has 0 aliphatic carbocycles. The van der Waals surface area contributed by atoms with Crippen molar-refractivity contribution in [1.29, 1.82) is 0 Å². The van der Waals surface area contributed by atoms with Crippen LogP contribution in [-0.2, 0) is 47.6 Å². The SMILES string of the molecule is CCCCCCCCO[C@@H]1O[C@@H](COC(C)=O)[C@@H](OC(C)=O)[C@@H](OC(C)=O)[C@H]1OC(C)=O. The molecule has 0 amide bonds. The lowest BCUT2D eigenvalue weighted by molar-refractivity contribution is -0.308. The normalized spacial score (nSPS) is 25.0. The second-order valence-corrected chi connectivity index (χ2v) is 7.71. The van der Waals surface area contributed by atoms with E-state index in [4.69, 9.17) is 28.4 Å². The zero-order chi connectivity index (χ0) is 24.1. The fraction of sp³-hybridized carbons (Fsp3) is 0.818. The molecule has 1 fully saturated rings. The maximum absolute atomic E-state index is 11.8. The maximum Gasteiger partial charge on any atom is 0.303 e. The molecule has 10 heteroatoms. The van der Waals surface area contributed by atoms with Gasteiger partial charge in [0.2, 0.25) is 0 Å². The van der Waals surface area contributed by atoms with Gasteiger partial charge < -0.3 is 28.4 Å². The Morgan fingerprint density at radius 1 is 0.688 bits per heavy atom. The van der Waals surface area contributed by atoms with Crippen molar-refractivity contribution in [2.45, 2.75) is 104 Å². The first-order chi connectivity index (χ1) is 15.1. The molecular weight excluding hydrogens is 424 g/mol. The summed E-state index contributed by atoms with van der Waals surface area (Å²) in [7, 11) is 0. The number of esters is 4. The third kappa shape index (κ3) is 10.4. The molecule has 32 heavy (non-hydrogen) atoms. The Morgan fingerprint density at radius 2 is 1.22 bits per heavy atom. The van der Waals surface area contributed by atoms with E-state index in [0.29, 0.717) is 6.61 Å². The Bertz CT molecular complexity index is 620. The van der Waals surface area contributed by atoms with Crippen LogP contribution in [0.4, 0.5) is 0 Å². The van der Waals surface area contributed by atoms with Crippen molar-refractivity contribution in [3.63, 3.8) is 0 Å². The van der Waals surface area contributed by atoms with Gasteiger partial charge in [0.25, 0.3) is 0 Å². The van der Waals surface area contributed by atoms with Gasteiger partial charge in [-0.1, -0.05) is 39.0 Å². The van der Waals surface area contributed by atoms with Crippen molar-refractivity contribution in [2.75, 3.05) is 13.2 Å². The first-order valence-electron chi connectivity index (χ1n) is 11.1. The molecule has 0 spiro atoms. The molecule has 1 heterocycles. The zero-order valence-electron chi connectivity index (χ0n) is 19.6. The molecule has 0 bridgehead atoms. The first-order valence-corrected chi connectivity index (χ1v) is 11.1. The summed E-state index contributed by atoms with van der Waals surface area (Å²) in [4.78, 5) is 46.5. The molecule has 0 N–H and O–H groups in total. The van der Waals surface area contributed by atoms with Crippen LogP contribution in [0.2, 0.25) is 0 Å². The van der Waals surface area contributed by atoms with Crippen molar-refractivity contribution in [3.05, 3.63) is 0 Å². The molecule has 0 radical (unpaired) electrons. The van der Waals surface area contributed by atoms with Crippen molar-refractivity contribution in [3.8, 4) is 0 Å². The Hall–Kier alpha value is -2.20. The van der Waals surface area contributed by atoms with Crippen LogP contribution in [0.5, 0.6) is 0 Å². The van der Waals surface area contributed by atoms with Crippen LogP contribution < -0.4 is 0 Å². The number of hydrogen-bond donors (Lipinski definition) is 0. The summed E-state index contributed by atoms with van der Waals surface area (Å²) in [5.41, 5.74) is 0. The van der Waals surface area contributed by atoms with Crippen LogP contribution in [0.25, 0.3) is 0 Å². The average molecular weight is 461 g/mol. The molecule has 1 saturated heterocycles. The summed E-state index contributed by atoms with van der Waals surface area (Å²) < 4.78 is 32.8. The smallest absolute Gasteiger partial charge is 0.303 e. The second kappa shape index (κ2) is 14.8. The number of carbonyl (C=O) groups is 4. The summed E-state index contributed by atoms with van der Waals surface area (Å²) in [5, 5.41) is 0. The highest BCUT2D eigenvalue weighted by atomic mass is 16.7. The van der Waals surface area contributed by atoms with Crippen LogP contribution in [0.3, 0.4) is 0 Å². The van der Waals surface area contributed by atoms with Crippen LogP contribution in [0, 0.1) is 0 Å². The minimum Gasteiger partial charge on any atom is -0.463 e. The number of carbonyl (C=O) groups excluding carboxylic acids is 4. The van der Waals surface area contributed by atoms with Crippen LogP contribution >= 0.6 is 0 Å². The predicted molar refractivity (Wildman–Crippen MR) is 111 cm³/mol. The van der Waals surface area contributed by atoms with Crippen molar-refractivity contribution in [1.82, 2.24) is 0 Å². The van der Waals surface area contributed by atoms with Gasteiger partial charge in [0.1, 0.15) is 12.7 Å². The van der Waals surface area contributed by atoms with E-state index >= 15 is 0 Å². The van der Waals surface area contributed by atoms with Gasteiger partial charge in [-0.2, -0.15) is 0 Å². The lowest BCUT2D eigenvalue weighted by Crippen LogP contribution is -2.63. The fourth-order valence-corrected chi connectivity index (χ4v) is 3.40. The summed E-state index contributed by atoms with van der Waals surface area (Å²) in [6, 6.07) is 0. The monoisotopic (exact) mass is 460 g/mol. The van der Waals surface area contributed by atoms with Gasteiger partial charge in [0.15, 0.2) is 24.6 Å². The van der Waals surface area contributed by atoms with Gasteiger partial charge >= 0.3 is 23.9 Å². The molecule has 1 rings (SSSR count). The van der Waals surface area contributed by atoms with E-state index in [1.807, 2.05) is 0 Å². The van der Waals surface area contributed by atoms with E-state index in [2.05, 4.69) is 6.92 Å². The molecule has 0 saturated carbocycles. The summed E-state index contributed by atoms with van der Waals surface area (Å²) in [6.45, 7) is 6.97. The second-order valence-electron chi connectivity index (χ2n) is 7.71. The third-order valence-electron chi connectivity index (χ3n) is 4.73. The van der Waals surface area contributed by atoms with Gasteiger partial charge in [-0.05, 0) is 6.42 Å². The number of unbranched alkanes of at least 4 members (excludes halogenated alkanes) is 5. The molecular formula is C22H36O10. The van der Waals surface area contributed by atoms with Crippen molar-refractivity contribution in [2.24, 2.45) is 0 Å². The summed E-state index contributed by atoms with van der Waals surface area (Å²) in [6.07, 6.45) is 0.641. The predicted octanol–water partition coefficient (Wildman–Crippen LogP) is 2.45. The average Bonchev–Trinajstić information content (AvgIpc) is 2.68. The maximum atomic E-state index is 11.8. The summed E-state index contributed by atoms with van der Waals surface area (Å²) >= 11 is 0. The quantitative estimate of drug-likeness (QED) is 0.230. The van der Waals surface area contributed by atoms with Crippen molar-refractivity contribution < 1.29 is 47.6 Å². The highest BCUT2D eigenvalue weighted by Crippen LogP contribution is 2.30. The lowest BCUT2D eigenvalue weighted by atomic mass is 9.98. The standard InChI is InChI=1S/C22H36O10/c1-6-7-8-9-10-11-12-27-22-21(31-17(5)26)20(30-16(4)25)19(29-15(3)24)18(32-22)13-28-14(2)23/h18-22H,6-13H2,1-5H3/t18-,19+,20+,21+,22+/m0/s1. The van der Waals surface area contributed by atoms with E-state index in [-0.39, 0.29) is 6.61 Å². The van der Waals surface area contributed by atoms with Gasteiger partial charge in [0, 0.05) is 34.3 Å². The molecule has 1 aliphatic heterocycles. The molecule has 1 aliphatic rings. The summed E-state index contributed by atoms with van der Waals surface area (Å²) in [5.74, 6) is -2.56. The molecule has 0 unspecified atom stereocenters. The number of hydrogen-bond acceptors (Lipinski definition) is 10. The van der Waals surface area contributed by atoms with Crippen LogP contribution in [0.1, 0.15) is 73.1 Å². The van der Waals surface area contributed by atoms with E-state index in [0.717, 1.165) is 32.1 Å². The zero-order valence-corrected chi connectivity index (χ0v) is 19.6. The molecule has 0 aromatic carbocycles. The Kier molecular flexibility index (Phi) is 12.9. The molecule has 5 atom stereocenters. The fourth-order valence-electron chi connectivity index (χ4n) is 3.40. The minimum atomic E-state index is -1.20. The van der Waals surface area contributed by atoms with Gasteiger partial charge in [-0.25, -0.2) is 0 Å². The Morgan fingerprint density at radius 3 is 1.78 bits per heavy atom. The van der Waals surface area contributed by atoms with Gasteiger partial charge in [0.05, 0.1) is 0 Å². The Balaban J connectivity index is 3.01. The first kappa shape index (κ1) is 27.8. The molecule has 10 nitrogen and oxygen atoms in total. The minimum absolute atomic E-state index is 0.269. The van der Waals surface area contributed by atoms with Crippen LogP contribution in [-0.4, -0.2) is 67.8 Å². The van der Waals surface area contributed by atoms with E-state index in [1.54, 1.807) is 0 Å². The van der Waals surface area contributed by atoms with E-state index < -0.39 is 54.6 Å². The van der Waals surface area contributed by atoms with E-state index in [9.17, 15) is 19.2 Å². The Labute approximate surface area is 189 Å². The molecule has 0 aromatic rings. The van der Waals surface area contributed by atoms with Crippen LogP contribution in [0.15, 0.2) is 0 Å².